The van der Waals surface area contributed by atoms with E-state index in [4.69, 9.17) is 4.74 Å². The number of rotatable bonds is 11. The van der Waals surface area contributed by atoms with Crippen LogP contribution in [0.4, 0.5) is 0 Å². The molecule has 1 N–H and O–H groups in total. The Morgan fingerprint density at radius 1 is 0.686 bits per heavy atom. The number of hydrogen-bond donors (Lipinski definition) is 1. The van der Waals surface area contributed by atoms with E-state index in [1.165, 1.54) is 0 Å². The molecule has 9 nitrogen and oxygen atoms in total. The van der Waals surface area contributed by atoms with E-state index in [2.05, 4.69) is 14.2 Å². The van der Waals surface area contributed by atoms with E-state index < -0.39 is 36.4 Å². The molecule has 0 heterocycles. The molecule has 0 saturated carbocycles. The first kappa shape index (κ1) is 29.3. The maximum Gasteiger partial charge on any atom is 0.339 e. The van der Waals surface area contributed by atoms with Gasteiger partial charge in [-0.05, 0) is 38.5 Å². The average Bonchev–Trinajstić information content (AvgIpc) is 2.84. The monoisotopic (exact) mass is 488 g/mol. The first-order chi connectivity index (χ1) is 16.8. The maximum absolute atomic E-state index is 11.7. The van der Waals surface area contributed by atoms with Gasteiger partial charge in [-0.1, -0.05) is 48.5 Å². The zero-order valence-corrected chi connectivity index (χ0v) is 20.2. The number of aliphatic hydroxyl groups is 1. The summed E-state index contributed by atoms with van der Waals surface area (Å²) >= 11 is 0. The Morgan fingerprint density at radius 2 is 1.14 bits per heavy atom. The normalized spacial score (nSPS) is 10.3. The Hall–Kier alpha value is -3.72. The van der Waals surface area contributed by atoms with Gasteiger partial charge in [0.05, 0.1) is 38.2 Å². The van der Waals surface area contributed by atoms with Crippen molar-refractivity contribution < 1.29 is 43.2 Å². The maximum atomic E-state index is 11.7. The van der Waals surface area contributed by atoms with Crippen LogP contribution < -0.4 is 0 Å². The van der Waals surface area contributed by atoms with Crippen molar-refractivity contribution in [3.8, 4) is 0 Å². The molecule has 0 unspecified atom stereocenters. The minimum Gasteiger partial charge on any atom is -0.466 e. The van der Waals surface area contributed by atoms with Crippen LogP contribution in [0, 0.1) is 0 Å². The van der Waals surface area contributed by atoms with Gasteiger partial charge >= 0.3 is 23.9 Å². The van der Waals surface area contributed by atoms with Crippen molar-refractivity contribution in [2.75, 3.05) is 19.8 Å². The van der Waals surface area contributed by atoms with Crippen LogP contribution in [0.5, 0.6) is 0 Å². The molecule has 35 heavy (non-hydrogen) atoms. The second-order valence-electron chi connectivity index (χ2n) is 7.14. The lowest BCUT2D eigenvalue weighted by atomic mass is 9.95. The molecule has 190 valence electrons. The summed E-state index contributed by atoms with van der Waals surface area (Å²) in [6, 6.07) is 18.6. The molecule has 0 radical (unpaired) electrons. The van der Waals surface area contributed by atoms with Crippen molar-refractivity contribution >= 4 is 23.9 Å². The number of esters is 4. The van der Waals surface area contributed by atoms with Gasteiger partial charge in [-0.3, -0.25) is 9.59 Å². The van der Waals surface area contributed by atoms with Gasteiger partial charge in [-0.15, -0.1) is 0 Å². The lowest BCUT2D eigenvalue weighted by Gasteiger charge is -2.23. The molecule has 0 fully saturated rings. The molecule has 0 spiro atoms. The van der Waals surface area contributed by atoms with Crippen LogP contribution in [0.15, 0.2) is 60.7 Å². The Labute approximate surface area is 204 Å². The van der Waals surface area contributed by atoms with Crippen molar-refractivity contribution in [2.45, 2.75) is 45.8 Å². The molecule has 0 amide bonds. The summed E-state index contributed by atoms with van der Waals surface area (Å²) in [7, 11) is 0. The Bertz CT molecular complexity index is 906. The number of benzene rings is 2. The lowest BCUT2D eigenvalue weighted by molar-refractivity contribution is -0.177. The third-order valence-electron chi connectivity index (χ3n) is 4.36. The standard InChI is InChI=1S/C14H12O2.C12H20O7/c15-14(13-9-5-2-6-10-13)16-11-12-7-3-1-4-8-12;1-4-17-9(13)7-12(16,11(15)19-6-3)8-10(14)18-5-2/h1-10H,11H2;16H,4-8H2,1-3H3. The highest BCUT2D eigenvalue weighted by Crippen LogP contribution is 2.19. The van der Waals surface area contributed by atoms with Crippen molar-refractivity contribution in [2.24, 2.45) is 0 Å². The van der Waals surface area contributed by atoms with Crippen molar-refractivity contribution in [3.05, 3.63) is 71.8 Å². The summed E-state index contributed by atoms with van der Waals surface area (Å²) in [5.41, 5.74) is -0.681. The molecule has 0 aliphatic rings. The van der Waals surface area contributed by atoms with Crippen LogP contribution >= 0.6 is 0 Å². The van der Waals surface area contributed by atoms with E-state index in [9.17, 15) is 24.3 Å². The minimum atomic E-state index is -2.26. The molecule has 0 saturated heterocycles. The van der Waals surface area contributed by atoms with Crippen LogP contribution in [0.25, 0.3) is 0 Å². The molecule has 2 aromatic carbocycles. The Balaban J connectivity index is 0.000000353. The van der Waals surface area contributed by atoms with Gasteiger partial charge in [0.25, 0.3) is 0 Å². The highest BCUT2D eigenvalue weighted by molar-refractivity contribution is 5.90. The number of carbonyl (C=O) groups excluding carboxylic acids is 4. The zero-order chi connectivity index (χ0) is 26.1. The van der Waals surface area contributed by atoms with E-state index in [1.807, 2.05) is 48.5 Å². The highest BCUT2D eigenvalue weighted by atomic mass is 16.6. The molecule has 9 heteroatoms. The van der Waals surface area contributed by atoms with E-state index in [0.717, 1.165) is 5.56 Å². The molecular weight excluding hydrogens is 456 g/mol. The van der Waals surface area contributed by atoms with Gasteiger partial charge in [0, 0.05) is 0 Å². The van der Waals surface area contributed by atoms with Crippen molar-refractivity contribution in [3.63, 3.8) is 0 Å². The molecule has 2 aromatic rings. The van der Waals surface area contributed by atoms with Gasteiger partial charge in [0.15, 0.2) is 5.60 Å². The summed E-state index contributed by atoms with van der Waals surface area (Å²) in [4.78, 5) is 46.0. The molecular formula is C26H32O9. The van der Waals surface area contributed by atoms with Crippen LogP contribution in [-0.2, 0) is 39.9 Å². The highest BCUT2D eigenvalue weighted by Gasteiger charge is 2.43. The molecule has 0 atom stereocenters. The van der Waals surface area contributed by atoms with Gasteiger partial charge in [0.1, 0.15) is 6.61 Å². The van der Waals surface area contributed by atoms with E-state index in [1.54, 1.807) is 32.9 Å². The SMILES string of the molecule is CCOC(=O)CC(O)(CC(=O)OCC)C(=O)OCC.O=C(OCc1ccccc1)c1ccccc1. The van der Waals surface area contributed by atoms with Gasteiger partial charge in [0.2, 0.25) is 0 Å². The number of hydrogen-bond acceptors (Lipinski definition) is 9. The summed E-state index contributed by atoms with van der Waals surface area (Å²) in [6.07, 6.45) is -1.31. The minimum absolute atomic E-state index is 0.0206. The van der Waals surface area contributed by atoms with Crippen LogP contribution in [0.1, 0.15) is 49.5 Å². The third-order valence-corrected chi connectivity index (χ3v) is 4.36. The fraction of sp³-hybridized carbons (Fsp3) is 0.385. The van der Waals surface area contributed by atoms with Gasteiger partial charge in [-0.2, -0.15) is 0 Å². The number of carbonyl (C=O) groups is 4. The lowest BCUT2D eigenvalue weighted by Crippen LogP contribution is -2.44. The van der Waals surface area contributed by atoms with E-state index in [0.29, 0.717) is 12.2 Å². The fourth-order valence-electron chi connectivity index (χ4n) is 2.75. The summed E-state index contributed by atoms with van der Waals surface area (Å²) in [5, 5.41) is 10.1. The molecule has 0 bridgehead atoms. The Morgan fingerprint density at radius 3 is 1.60 bits per heavy atom. The predicted octanol–water partition coefficient (Wildman–Crippen LogP) is 3.23. The molecule has 0 aliphatic carbocycles. The van der Waals surface area contributed by atoms with E-state index >= 15 is 0 Å². The summed E-state index contributed by atoms with van der Waals surface area (Å²) in [5.74, 6) is -2.91. The van der Waals surface area contributed by atoms with Crippen LogP contribution in [0.2, 0.25) is 0 Å². The summed E-state index contributed by atoms with van der Waals surface area (Å²) < 4.78 is 19.1. The number of ether oxygens (including phenoxy) is 4. The first-order valence-electron chi connectivity index (χ1n) is 11.2. The van der Waals surface area contributed by atoms with Crippen molar-refractivity contribution in [1.29, 1.82) is 0 Å². The molecule has 0 aromatic heterocycles. The molecule has 0 aliphatic heterocycles. The van der Waals surface area contributed by atoms with Gasteiger partial charge in [-0.25, -0.2) is 9.59 Å². The Kier molecular flexibility index (Phi) is 13.4. The molecule has 2 rings (SSSR count). The second-order valence-corrected chi connectivity index (χ2v) is 7.14. The quantitative estimate of drug-likeness (QED) is 0.375. The second kappa shape index (κ2) is 16.0. The zero-order valence-electron chi connectivity index (χ0n) is 20.2. The van der Waals surface area contributed by atoms with Gasteiger partial charge < -0.3 is 24.1 Å². The predicted molar refractivity (Wildman–Crippen MR) is 126 cm³/mol. The largest absolute Gasteiger partial charge is 0.466 e. The smallest absolute Gasteiger partial charge is 0.339 e. The first-order valence-corrected chi connectivity index (χ1v) is 11.2. The fourth-order valence-corrected chi connectivity index (χ4v) is 2.75. The topological polar surface area (TPSA) is 125 Å². The van der Waals surface area contributed by atoms with Crippen LogP contribution in [-0.4, -0.2) is 54.4 Å². The van der Waals surface area contributed by atoms with E-state index in [-0.39, 0.29) is 25.8 Å². The third kappa shape index (κ3) is 11.3. The average molecular weight is 489 g/mol. The summed E-state index contributed by atoms with van der Waals surface area (Å²) in [6.45, 7) is 5.28. The van der Waals surface area contributed by atoms with Crippen LogP contribution in [0.3, 0.4) is 0 Å². The van der Waals surface area contributed by atoms with Crippen molar-refractivity contribution in [1.82, 2.24) is 0 Å².